The number of phenolic OH excluding ortho intramolecular Hbond substituents is 1. The van der Waals surface area contributed by atoms with Gasteiger partial charge in [-0.25, -0.2) is 9.59 Å². The van der Waals surface area contributed by atoms with Gasteiger partial charge in [-0.3, -0.25) is 9.69 Å². The molecule has 7 nitrogen and oxygen atoms in total. The van der Waals surface area contributed by atoms with E-state index in [0.29, 0.717) is 22.5 Å². The highest BCUT2D eigenvalue weighted by Crippen LogP contribution is 2.36. The van der Waals surface area contributed by atoms with Gasteiger partial charge in [0.2, 0.25) is 0 Å². The average molecular weight is 393 g/mol. The number of hydrogen-bond acceptors (Lipinski definition) is 6. The average Bonchev–Trinajstić information content (AvgIpc) is 2.98. The van der Waals surface area contributed by atoms with Gasteiger partial charge in [-0.05, 0) is 43.3 Å². The lowest BCUT2D eigenvalue weighted by Gasteiger charge is -2.18. The molecule has 1 amide bonds. The minimum Gasteiger partial charge on any atom is -0.507 e. The molecular weight excluding hydrogens is 374 g/mol. The lowest BCUT2D eigenvalue weighted by Crippen LogP contribution is -2.24. The van der Waals surface area contributed by atoms with Gasteiger partial charge in [0.15, 0.2) is 0 Å². The molecule has 0 saturated heterocycles. The topological polar surface area (TPSA) is 93.1 Å². The fourth-order valence-corrected chi connectivity index (χ4v) is 3.12. The van der Waals surface area contributed by atoms with Gasteiger partial charge in [-0.1, -0.05) is 18.2 Å². The molecule has 0 aromatic heterocycles. The number of nitrogens with zero attached hydrogens (tertiary/aromatic N) is 1. The molecule has 0 radical (unpaired) electrons. The second-order valence-corrected chi connectivity index (χ2v) is 6.25. The molecule has 0 bridgehead atoms. The van der Waals surface area contributed by atoms with Crippen LogP contribution in [-0.4, -0.2) is 37.2 Å². The highest BCUT2D eigenvalue weighted by Gasteiger charge is 2.38. The Bertz CT molecular complexity index is 1050. The number of carbonyl (C=O) groups excluding carboxylic acids is 3. The second kappa shape index (κ2) is 8.02. The van der Waals surface area contributed by atoms with Crippen LogP contribution < -0.4 is 4.90 Å². The van der Waals surface area contributed by atoms with E-state index in [1.165, 1.54) is 43.4 Å². The van der Waals surface area contributed by atoms with E-state index in [-0.39, 0.29) is 16.9 Å². The Morgan fingerprint density at radius 2 is 1.59 bits per heavy atom. The Morgan fingerprint density at radius 1 is 0.966 bits per heavy atom. The van der Waals surface area contributed by atoms with Gasteiger partial charge in [-0.2, -0.15) is 0 Å². The van der Waals surface area contributed by atoms with Gasteiger partial charge >= 0.3 is 11.9 Å². The number of para-hydroxylation sites is 1. The molecular formula is C22H19NO6. The van der Waals surface area contributed by atoms with E-state index < -0.39 is 17.8 Å². The summed E-state index contributed by atoms with van der Waals surface area (Å²) in [5, 5.41) is 10.0. The zero-order valence-electron chi connectivity index (χ0n) is 16.1. The highest BCUT2D eigenvalue weighted by atomic mass is 16.5. The van der Waals surface area contributed by atoms with Crippen LogP contribution in [0.1, 0.15) is 22.8 Å². The van der Waals surface area contributed by atoms with E-state index in [1.807, 2.05) is 0 Å². The van der Waals surface area contributed by atoms with E-state index in [0.717, 1.165) is 0 Å². The molecule has 0 saturated carbocycles. The summed E-state index contributed by atoms with van der Waals surface area (Å²) in [5.41, 5.74) is 1.80. The molecule has 1 aliphatic rings. The van der Waals surface area contributed by atoms with Gasteiger partial charge in [-0.15, -0.1) is 0 Å². The minimum atomic E-state index is -0.661. The zero-order chi connectivity index (χ0) is 21.1. The van der Waals surface area contributed by atoms with E-state index in [9.17, 15) is 19.5 Å². The van der Waals surface area contributed by atoms with Gasteiger partial charge in [0, 0.05) is 16.9 Å². The molecule has 0 atom stereocenters. The number of carbonyl (C=O) groups is 3. The maximum absolute atomic E-state index is 13.2. The first-order valence-electron chi connectivity index (χ1n) is 8.71. The van der Waals surface area contributed by atoms with Gasteiger partial charge in [0.05, 0.1) is 30.9 Å². The predicted octanol–water partition coefficient (Wildman–Crippen LogP) is 3.06. The van der Waals surface area contributed by atoms with Crippen molar-refractivity contribution in [3.05, 3.63) is 76.5 Å². The summed E-state index contributed by atoms with van der Waals surface area (Å²) < 4.78 is 9.54. The van der Waals surface area contributed by atoms with Crippen LogP contribution in [0.15, 0.2) is 65.4 Å². The standard InChI is InChI=1S/C22H19NO6/c1-13-19(22(27)29-3)17(12-15-6-4-5-7-18(15)24)20(25)23(13)16-10-8-14(9-11-16)21(26)28-2/h4-12,24H,1-3H3. The molecule has 1 aliphatic heterocycles. The predicted molar refractivity (Wildman–Crippen MR) is 106 cm³/mol. The van der Waals surface area contributed by atoms with Crippen LogP contribution in [0.25, 0.3) is 6.08 Å². The molecule has 0 fully saturated rings. The number of esters is 2. The molecule has 2 aromatic carbocycles. The van der Waals surface area contributed by atoms with E-state index in [2.05, 4.69) is 4.74 Å². The highest BCUT2D eigenvalue weighted by molar-refractivity contribution is 6.24. The number of aromatic hydroxyl groups is 1. The fourth-order valence-electron chi connectivity index (χ4n) is 3.12. The van der Waals surface area contributed by atoms with Crippen molar-refractivity contribution in [1.29, 1.82) is 0 Å². The molecule has 1 heterocycles. The molecule has 0 unspecified atom stereocenters. The van der Waals surface area contributed by atoms with Crippen LogP contribution in [0, 0.1) is 0 Å². The van der Waals surface area contributed by atoms with Crippen molar-refractivity contribution < 1.29 is 29.0 Å². The number of phenols is 1. The second-order valence-electron chi connectivity index (χ2n) is 6.25. The lowest BCUT2D eigenvalue weighted by atomic mass is 10.0. The SMILES string of the molecule is COC(=O)C1=C(C)N(c2ccc(C(=O)OC)cc2)C(=O)C1=Cc1ccccc1O. The zero-order valence-corrected chi connectivity index (χ0v) is 16.1. The first kappa shape index (κ1) is 19.9. The van der Waals surface area contributed by atoms with Crippen LogP contribution in [0.5, 0.6) is 5.75 Å². The van der Waals surface area contributed by atoms with Crippen LogP contribution >= 0.6 is 0 Å². The summed E-state index contributed by atoms with van der Waals surface area (Å²) >= 11 is 0. The molecule has 7 heteroatoms. The summed E-state index contributed by atoms with van der Waals surface area (Å²) in [6, 6.07) is 12.7. The quantitative estimate of drug-likeness (QED) is 0.634. The number of allylic oxidation sites excluding steroid dienone is 1. The fraction of sp³-hybridized carbons (Fsp3) is 0.136. The number of hydrogen-bond donors (Lipinski definition) is 1. The van der Waals surface area contributed by atoms with Crippen LogP contribution in [0.3, 0.4) is 0 Å². The summed E-state index contributed by atoms with van der Waals surface area (Å²) in [4.78, 5) is 38.6. The van der Waals surface area contributed by atoms with Gasteiger partial charge in [0.25, 0.3) is 5.91 Å². The Hall–Kier alpha value is -3.87. The third-order valence-corrected chi connectivity index (χ3v) is 4.57. The van der Waals surface area contributed by atoms with Crippen molar-refractivity contribution in [2.45, 2.75) is 6.92 Å². The van der Waals surface area contributed by atoms with Crippen molar-refractivity contribution >= 4 is 29.6 Å². The number of benzene rings is 2. The molecule has 0 spiro atoms. The number of rotatable bonds is 4. The monoisotopic (exact) mass is 393 g/mol. The number of amides is 1. The van der Waals surface area contributed by atoms with E-state index in [4.69, 9.17) is 4.74 Å². The summed E-state index contributed by atoms with van der Waals surface area (Å²) in [5.74, 6) is -1.62. The number of anilines is 1. The summed E-state index contributed by atoms with van der Waals surface area (Å²) in [6.07, 6.45) is 1.45. The van der Waals surface area contributed by atoms with Crippen molar-refractivity contribution in [2.24, 2.45) is 0 Å². The van der Waals surface area contributed by atoms with E-state index >= 15 is 0 Å². The van der Waals surface area contributed by atoms with Crippen molar-refractivity contribution in [3.8, 4) is 5.75 Å². The molecule has 29 heavy (non-hydrogen) atoms. The summed E-state index contributed by atoms with van der Waals surface area (Å²) in [7, 11) is 2.52. The third-order valence-electron chi connectivity index (χ3n) is 4.57. The van der Waals surface area contributed by atoms with Crippen molar-refractivity contribution in [2.75, 3.05) is 19.1 Å². The van der Waals surface area contributed by atoms with Crippen molar-refractivity contribution in [1.82, 2.24) is 0 Å². The van der Waals surface area contributed by atoms with E-state index in [1.54, 1.807) is 37.3 Å². The summed E-state index contributed by atoms with van der Waals surface area (Å²) in [6.45, 7) is 1.63. The maximum Gasteiger partial charge on any atom is 0.340 e. The molecule has 2 aromatic rings. The van der Waals surface area contributed by atoms with Crippen LogP contribution in [-0.2, 0) is 19.1 Å². The van der Waals surface area contributed by atoms with Gasteiger partial charge < -0.3 is 14.6 Å². The maximum atomic E-state index is 13.2. The van der Waals surface area contributed by atoms with Gasteiger partial charge in [0.1, 0.15) is 5.75 Å². The number of ether oxygens (including phenoxy) is 2. The Morgan fingerprint density at radius 3 is 2.17 bits per heavy atom. The first-order valence-corrected chi connectivity index (χ1v) is 8.71. The Labute approximate surface area is 167 Å². The largest absolute Gasteiger partial charge is 0.507 e. The molecule has 1 N–H and O–H groups in total. The Kier molecular flexibility index (Phi) is 5.50. The smallest absolute Gasteiger partial charge is 0.340 e. The normalized spacial score (nSPS) is 15.1. The third kappa shape index (κ3) is 3.62. The lowest BCUT2D eigenvalue weighted by molar-refractivity contribution is -0.136. The van der Waals surface area contributed by atoms with Crippen LogP contribution in [0.2, 0.25) is 0 Å². The Balaban J connectivity index is 2.09. The minimum absolute atomic E-state index is 0.0180. The van der Waals surface area contributed by atoms with Crippen molar-refractivity contribution in [3.63, 3.8) is 0 Å². The molecule has 0 aliphatic carbocycles. The molecule has 3 rings (SSSR count). The van der Waals surface area contributed by atoms with Crippen LogP contribution in [0.4, 0.5) is 5.69 Å². The molecule has 148 valence electrons. The first-order chi connectivity index (χ1) is 13.9. The number of methoxy groups -OCH3 is 2.